The van der Waals surface area contributed by atoms with Crippen molar-refractivity contribution < 1.29 is 41.5 Å². The van der Waals surface area contributed by atoms with Crippen LogP contribution in [0.3, 0.4) is 0 Å². The molecule has 0 amide bonds. The maximum absolute atomic E-state index is 14.3. The van der Waals surface area contributed by atoms with E-state index < -0.39 is 18.2 Å². The average molecular weight is 466 g/mol. The van der Waals surface area contributed by atoms with Crippen molar-refractivity contribution >= 4 is 17.9 Å². The standard InChI is InChI=1S/C18H12F4N2O2.C4H6O3/c1-11-4-2-3-5-13(11)10-15(19)17-23-16(24-26-17)12-6-8-14(9-7-12)25-18(20,21)22;1-7-3-2-4(5)6/h2-10H,1H3;2-3H,1H3,(H,5,6). The van der Waals surface area contributed by atoms with Gasteiger partial charge in [0.15, 0.2) is 5.83 Å². The molecule has 0 unspecified atom stereocenters. The molecule has 2 aromatic carbocycles. The highest BCUT2D eigenvalue weighted by Gasteiger charge is 2.31. The fraction of sp³-hybridized carbons (Fsp3) is 0.136. The molecule has 33 heavy (non-hydrogen) atoms. The smallest absolute Gasteiger partial charge is 0.504 e. The van der Waals surface area contributed by atoms with Crippen molar-refractivity contribution in [1.82, 2.24) is 10.1 Å². The Balaban J connectivity index is 0.000000479. The minimum atomic E-state index is -4.77. The number of carboxylic acids is 1. The number of benzene rings is 2. The third-order valence-corrected chi connectivity index (χ3v) is 3.79. The number of aromatic nitrogens is 2. The van der Waals surface area contributed by atoms with Crippen LogP contribution in [0.15, 0.2) is 65.4 Å². The van der Waals surface area contributed by atoms with E-state index in [1.54, 1.807) is 12.1 Å². The molecule has 0 radical (unpaired) electrons. The molecule has 1 heterocycles. The highest BCUT2D eigenvalue weighted by atomic mass is 19.4. The second kappa shape index (κ2) is 11.5. The van der Waals surface area contributed by atoms with Crippen LogP contribution in [0.1, 0.15) is 17.0 Å². The molecule has 174 valence electrons. The van der Waals surface area contributed by atoms with E-state index in [2.05, 4.69) is 19.6 Å². The molecule has 0 atom stereocenters. The lowest BCUT2D eigenvalue weighted by molar-refractivity contribution is -0.274. The molecule has 1 aromatic heterocycles. The molecule has 0 saturated carbocycles. The van der Waals surface area contributed by atoms with Crippen molar-refractivity contribution in [1.29, 1.82) is 0 Å². The van der Waals surface area contributed by atoms with E-state index in [0.717, 1.165) is 30.0 Å². The topological polar surface area (TPSA) is 94.7 Å². The molecule has 1 N–H and O–H groups in total. The normalized spacial score (nSPS) is 11.6. The number of halogens is 4. The van der Waals surface area contributed by atoms with Crippen LogP contribution in [0, 0.1) is 6.92 Å². The summed E-state index contributed by atoms with van der Waals surface area (Å²) in [6, 6.07) is 12.0. The molecule has 0 aliphatic rings. The van der Waals surface area contributed by atoms with Crippen LogP contribution in [-0.2, 0) is 9.53 Å². The van der Waals surface area contributed by atoms with E-state index in [1.165, 1.54) is 25.3 Å². The molecule has 7 nitrogen and oxygen atoms in total. The first kappa shape index (κ1) is 25.1. The van der Waals surface area contributed by atoms with Crippen LogP contribution in [0.2, 0.25) is 0 Å². The number of rotatable bonds is 6. The molecule has 11 heteroatoms. The van der Waals surface area contributed by atoms with Gasteiger partial charge < -0.3 is 19.1 Å². The first-order chi connectivity index (χ1) is 15.6. The van der Waals surface area contributed by atoms with Crippen LogP contribution in [0.4, 0.5) is 17.6 Å². The Bertz CT molecular complexity index is 1120. The predicted octanol–water partition coefficient (Wildman–Crippen LogP) is 5.64. The Morgan fingerprint density at radius 1 is 1.12 bits per heavy atom. The van der Waals surface area contributed by atoms with Gasteiger partial charge in [-0.2, -0.15) is 4.98 Å². The summed E-state index contributed by atoms with van der Waals surface area (Å²) in [5, 5.41) is 11.5. The lowest BCUT2D eigenvalue weighted by atomic mass is 10.1. The summed E-state index contributed by atoms with van der Waals surface area (Å²) in [7, 11) is 1.39. The number of carboxylic acid groups (broad SMARTS) is 1. The SMILES string of the molecule is COC=CC(=O)O.Cc1ccccc1C=C(F)c1nc(-c2ccc(OC(F)(F)F)cc2)no1. The van der Waals surface area contributed by atoms with Crippen LogP contribution in [0.25, 0.3) is 23.3 Å². The number of ether oxygens (including phenoxy) is 2. The summed E-state index contributed by atoms with van der Waals surface area (Å²) in [6.45, 7) is 1.84. The monoisotopic (exact) mass is 466 g/mol. The van der Waals surface area contributed by atoms with Gasteiger partial charge in [0.2, 0.25) is 5.82 Å². The Morgan fingerprint density at radius 3 is 2.33 bits per heavy atom. The summed E-state index contributed by atoms with van der Waals surface area (Å²) in [6.07, 6.45) is -1.49. The Hall–Kier alpha value is -4.15. The third kappa shape index (κ3) is 8.48. The minimum Gasteiger partial charge on any atom is -0.504 e. The highest BCUT2D eigenvalue weighted by Crippen LogP contribution is 2.27. The van der Waals surface area contributed by atoms with E-state index in [-0.39, 0.29) is 17.5 Å². The number of hydrogen-bond donors (Lipinski definition) is 1. The number of alkyl halides is 3. The van der Waals surface area contributed by atoms with Crippen molar-refractivity contribution in [2.24, 2.45) is 0 Å². The van der Waals surface area contributed by atoms with E-state index in [0.29, 0.717) is 11.1 Å². The van der Waals surface area contributed by atoms with Crippen LogP contribution in [-0.4, -0.2) is 34.7 Å². The summed E-state index contributed by atoms with van der Waals surface area (Å²) >= 11 is 0. The fourth-order valence-electron chi connectivity index (χ4n) is 2.32. The predicted molar refractivity (Wildman–Crippen MR) is 110 cm³/mol. The summed E-state index contributed by atoms with van der Waals surface area (Å²) in [4.78, 5) is 13.5. The molecular weight excluding hydrogens is 448 g/mol. The van der Waals surface area contributed by atoms with Crippen LogP contribution in [0.5, 0.6) is 5.75 Å². The largest absolute Gasteiger partial charge is 0.573 e. The Morgan fingerprint density at radius 2 is 1.79 bits per heavy atom. The van der Waals surface area contributed by atoms with Crippen molar-refractivity contribution in [3.63, 3.8) is 0 Å². The van der Waals surface area contributed by atoms with Gasteiger partial charge in [0.1, 0.15) is 5.75 Å². The second-order valence-corrected chi connectivity index (χ2v) is 6.22. The van der Waals surface area contributed by atoms with E-state index >= 15 is 0 Å². The number of nitrogens with zero attached hydrogens (tertiary/aromatic N) is 2. The maximum atomic E-state index is 14.3. The van der Waals surface area contributed by atoms with Gasteiger partial charge in [0.05, 0.1) is 19.4 Å². The van der Waals surface area contributed by atoms with Crippen molar-refractivity contribution in [2.75, 3.05) is 7.11 Å². The molecular formula is C22H18F4N2O5. The molecule has 0 aliphatic carbocycles. The lowest BCUT2D eigenvalue weighted by Crippen LogP contribution is -2.16. The molecule has 3 aromatic rings. The van der Waals surface area contributed by atoms with E-state index in [9.17, 15) is 22.4 Å². The number of aryl methyl sites for hydroxylation is 1. The number of methoxy groups -OCH3 is 1. The zero-order valence-corrected chi connectivity index (χ0v) is 17.3. The van der Waals surface area contributed by atoms with Crippen molar-refractivity contribution in [2.45, 2.75) is 13.3 Å². The Kier molecular flexibility index (Phi) is 8.72. The molecule has 0 fully saturated rings. The number of hydrogen-bond acceptors (Lipinski definition) is 6. The summed E-state index contributed by atoms with van der Waals surface area (Å²) < 4.78 is 63.7. The van der Waals surface area contributed by atoms with Gasteiger partial charge in [0.25, 0.3) is 5.89 Å². The fourth-order valence-corrected chi connectivity index (χ4v) is 2.32. The van der Waals surface area contributed by atoms with Crippen molar-refractivity contribution in [3.05, 3.63) is 77.9 Å². The van der Waals surface area contributed by atoms with E-state index in [1.807, 2.05) is 19.1 Å². The summed E-state index contributed by atoms with van der Waals surface area (Å²) in [5.41, 5.74) is 1.90. The van der Waals surface area contributed by atoms with Gasteiger partial charge in [-0.05, 0) is 48.4 Å². The van der Waals surface area contributed by atoms with Gasteiger partial charge in [0, 0.05) is 5.56 Å². The highest BCUT2D eigenvalue weighted by molar-refractivity contribution is 5.79. The first-order valence-corrected chi connectivity index (χ1v) is 9.14. The van der Waals surface area contributed by atoms with Gasteiger partial charge in [-0.15, -0.1) is 13.2 Å². The van der Waals surface area contributed by atoms with Gasteiger partial charge >= 0.3 is 12.3 Å². The van der Waals surface area contributed by atoms with E-state index in [4.69, 9.17) is 9.63 Å². The third-order valence-electron chi connectivity index (χ3n) is 3.79. The van der Waals surface area contributed by atoms with Gasteiger partial charge in [-0.25, -0.2) is 9.18 Å². The molecule has 3 rings (SSSR count). The van der Waals surface area contributed by atoms with Gasteiger partial charge in [-0.1, -0.05) is 29.4 Å². The number of carbonyl (C=O) groups is 1. The zero-order chi connectivity index (χ0) is 24.4. The Labute approximate surface area is 185 Å². The lowest BCUT2D eigenvalue weighted by Gasteiger charge is -2.08. The maximum Gasteiger partial charge on any atom is 0.573 e. The molecule has 0 bridgehead atoms. The zero-order valence-electron chi connectivity index (χ0n) is 17.3. The van der Waals surface area contributed by atoms with Crippen LogP contribution >= 0.6 is 0 Å². The summed E-state index contributed by atoms with van der Waals surface area (Å²) in [5.74, 6) is -2.36. The molecule has 0 saturated heterocycles. The van der Waals surface area contributed by atoms with Crippen LogP contribution < -0.4 is 4.74 Å². The molecule has 0 spiro atoms. The first-order valence-electron chi connectivity index (χ1n) is 9.14. The number of aliphatic carboxylic acids is 1. The second-order valence-electron chi connectivity index (χ2n) is 6.22. The molecule has 0 aliphatic heterocycles. The average Bonchev–Trinajstić information content (AvgIpc) is 3.24. The van der Waals surface area contributed by atoms with Crippen molar-refractivity contribution in [3.8, 4) is 17.1 Å². The van der Waals surface area contributed by atoms with Gasteiger partial charge in [-0.3, -0.25) is 0 Å². The minimum absolute atomic E-state index is 0.0480. The quantitative estimate of drug-likeness (QED) is 0.285.